The zero-order chi connectivity index (χ0) is 11.1. The summed E-state index contributed by atoms with van der Waals surface area (Å²) in [5.74, 6) is 0. The Labute approximate surface area is 87.2 Å². The first kappa shape index (κ1) is 12.6. The molecular formula is C13H19N. The minimum Gasteiger partial charge on any atom is -0.253 e. The molecule has 1 heterocycles. The molecule has 1 aromatic rings. The minimum absolute atomic E-state index is 0.910. The number of pyridine rings is 1. The normalized spacial score (nSPS) is 8.57. The van der Waals surface area contributed by atoms with E-state index in [2.05, 4.69) is 24.2 Å². The first-order valence-corrected chi connectivity index (χ1v) is 4.92. The van der Waals surface area contributed by atoms with Gasteiger partial charge in [-0.2, -0.15) is 0 Å². The van der Waals surface area contributed by atoms with E-state index in [4.69, 9.17) is 0 Å². The van der Waals surface area contributed by atoms with E-state index in [0.29, 0.717) is 0 Å². The summed E-state index contributed by atoms with van der Waals surface area (Å²) >= 11 is 0. The molecule has 0 N–H and O–H groups in total. The van der Waals surface area contributed by atoms with Crippen LogP contribution in [0.25, 0.3) is 12.2 Å². The highest BCUT2D eigenvalue weighted by Crippen LogP contribution is 2.13. The monoisotopic (exact) mass is 189 g/mol. The van der Waals surface area contributed by atoms with Gasteiger partial charge in [0, 0.05) is 5.69 Å². The van der Waals surface area contributed by atoms with E-state index < -0.39 is 0 Å². The van der Waals surface area contributed by atoms with Crippen molar-refractivity contribution in [2.45, 2.75) is 27.7 Å². The fourth-order valence-corrected chi connectivity index (χ4v) is 1.07. The lowest BCUT2D eigenvalue weighted by Crippen LogP contribution is -1.93. The van der Waals surface area contributed by atoms with Crippen LogP contribution in [0.1, 0.15) is 36.4 Å². The second-order valence-corrected chi connectivity index (χ2v) is 2.77. The second-order valence-electron chi connectivity index (χ2n) is 2.77. The predicted molar refractivity (Wildman–Crippen MR) is 65.2 cm³/mol. The highest BCUT2D eigenvalue weighted by atomic mass is 14.7. The topological polar surface area (TPSA) is 12.9 Å². The Kier molecular flexibility index (Phi) is 5.54. The highest BCUT2D eigenvalue weighted by molar-refractivity contribution is 5.61. The summed E-state index contributed by atoms with van der Waals surface area (Å²) in [5, 5.41) is 0. The molecule has 0 amide bonds. The third kappa shape index (κ3) is 2.84. The third-order valence-electron chi connectivity index (χ3n) is 1.94. The Balaban J connectivity index is 0.000000791. The predicted octanol–water partition coefficient (Wildman–Crippen LogP) is 4.01. The molecule has 0 aliphatic carbocycles. The van der Waals surface area contributed by atoms with Gasteiger partial charge in [-0.15, -0.1) is 0 Å². The van der Waals surface area contributed by atoms with E-state index in [0.717, 1.165) is 17.0 Å². The average Bonchev–Trinajstić information content (AvgIpc) is 2.24. The number of hydrogen-bond acceptors (Lipinski definition) is 1. The quantitative estimate of drug-likeness (QED) is 0.685. The van der Waals surface area contributed by atoms with Gasteiger partial charge in [0.25, 0.3) is 0 Å². The molecule has 14 heavy (non-hydrogen) atoms. The Morgan fingerprint density at radius 3 is 2.14 bits per heavy atom. The van der Waals surface area contributed by atoms with Gasteiger partial charge in [-0.25, -0.2) is 0 Å². The highest BCUT2D eigenvalue weighted by Gasteiger charge is 2.00. The number of hydrogen-bond donors (Lipinski definition) is 0. The van der Waals surface area contributed by atoms with E-state index >= 15 is 0 Å². The molecule has 76 valence electrons. The maximum absolute atomic E-state index is 4.37. The van der Waals surface area contributed by atoms with Crippen molar-refractivity contribution >= 4 is 12.2 Å². The number of aryl methyl sites for hydroxylation is 2. The maximum Gasteiger partial charge on any atom is 0.0699 e. The summed E-state index contributed by atoms with van der Waals surface area (Å²) in [7, 11) is 0. The number of aromatic nitrogens is 1. The fraction of sp³-hybridized carbons (Fsp3) is 0.308. The van der Waals surface area contributed by atoms with Crippen molar-refractivity contribution in [2.24, 2.45) is 0 Å². The first-order valence-electron chi connectivity index (χ1n) is 4.92. The van der Waals surface area contributed by atoms with Crippen LogP contribution in [0, 0.1) is 13.8 Å². The lowest BCUT2D eigenvalue weighted by atomic mass is 10.1. The van der Waals surface area contributed by atoms with Crippen molar-refractivity contribution in [1.82, 2.24) is 4.98 Å². The van der Waals surface area contributed by atoms with Gasteiger partial charge in [0.2, 0.25) is 0 Å². The molecular weight excluding hydrogens is 170 g/mol. The van der Waals surface area contributed by atoms with E-state index in [1.54, 1.807) is 12.2 Å². The molecule has 0 saturated carbocycles. The van der Waals surface area contributed by atoms with Gasteiger partial charge in [0.15, 0.2) is 0 Å². The first-order chi connectivity index (χ1) is 6.69. The van der Waals surface area contributed by atoms with Crippen LogP contribution in [-0.2, 0) is 0 Å². The minimum atomic E-state index is 0.910. The molecule has 0 radical (unpaired) electrons. The van der Waals surface area contributed by atoms with Gasteiger partial charge in [-0.05, 0) is 37.1 Å². The van der Waals surface area contributed by atoms with Crippen LogP contribution in [0.4, 0.5) is 0 Å². The summed E-state index contributed by atoms with van der Waals surface area (Å²) in [6.45, 7) is 15.5. The largest absolute Gasteiger partial charge is 0.253 e. The molecule has 1 aromatic heterocycles. The van der Waals surface area contributed by atoms with Gasteiger partial charge < -0.3 is 0 Å². The van der Waals surface area contributed by atoms with E-state index in [-0.39, 0.29) is 0 Å². The van der Waals surface area contributed by atoms with Crippen LogP contribution in [0.2, 0.25) is 0 Å². The molecule has 1 rings (SSSR count). The summed E-state index contributed by atoms with van der Waals surface area (Å²) in [5.41, 5.74) is 4.20. The molecule has 0 aliphatic rings. The molecule has 0 fully saturated rings. The third-order valence-corrected chi connectivity index (χ3v) is 1.94. The SMILES string of the molecule is C=Cc1cc(C)c(C)nc1C=C.CC. The molecule has 0 spiro atoms. The van der Waals surface area contributed by atoms with Gasteiger partial charge >= 0.3 is 0 Å². The van der Waals surface area contributed by atoms with Gasteiger partial charge in [-0.1, -0.05) is 33.1 Å². The Morgan fingerprint density at radius 1 is 1.14 bits per heavy atom. The number of nitrogens with zero attached hydrogens (tertiary/aromatic N) is 1. The summed E-state index contributed by atoms with van der Waals surface area (Å²) in [4.78, 5) is 4.37. The zero-order valence-corrected chi connectivity index (χ0v) is 9.59. The van der Waals surface area contributed by atoms with Gasteiger partial charge in [0.1, 0.15) is 0 Å². The van der Waals surface area contributed by atoms with Gasteiger partial charge in [-0.3, -0.25) is 4.98 Å². The summed E-state index contributed by atoms with van der Waals surface area (Å²) in [6, 6.07) is 2.08. The standard InChI is InChI=1S/C11H13N.C2H6/c1-5-10-7-8(3)9(4)12-11(10)6-2;1-2/h5-7H,1-2H2,3-4H3;1-2H3. The average molecular weight is 189 g/mol. The Morgan fingerprint density at radius 2 is 1.71 bits per heavy atom. The lowest BCUT2D eigenvalue weighted by Gasteiger charge is -2.04. The van der Waals surface area contributed by atoms with Crippen LogP contribution >= 0.6 is 0 Å². The Bertz CT molecular complexity index is 291. The molecule has 1 nitrogen and oxygen atoms in total. The summed E-state index contributed by atoms with van der Waals surface area (Å²) in [6.07, 6.45) is 3.56. The number of rotatable bonds is 2. The molecule has 0 unspecified atom stereocenters. The van der Waals surface area contributed by atoms with Crippen LogP contribution in [0.5, 0.6) is 0 Å². The molecule has 0 bridgehead atoms. The Hall–Kier alpha value is -1.37. The van der Waals surface area contributed by atoms with Crippen molar-refractivity contribution < 1.29 is 0 Å². The second kappa shape index (κ2) is 6.14. The lowest BCUT2D eigenvalue weighted by molar-refractivity contribution is 1.13. The maximum atomic E-state index is 4.37. The van der Waals surface area contributed by atoms with Crippen molar-refractivity contribution in [3.8, 4) is 0 Å². The van der Waals surface area contributed by atoms with Crippen molar-refractivity contribution in [1.29, 1.82) is 0 Å². The zero-order valence-electron chi connectivity index (χ0n) is 9.59. The van der Waals surface area contributed by atoms with Crippen molar-refractivity contribution in [3.63, 3.8) is 0 Å². The van der Waals surface area contributed by atoms with E-state index in [1.807, 2.05) is 27.7 Å². The summed E-state index contributed by atoms with van der Waals surface area (Å²) < 4.78 is 0. The molecule has 0 saturated heterocycles. The fourth-order valence-electron chi connectivity index (χ4n) is 1.07. The van der Waals surface area contributed by atoms with E-state index in [9.17, 15) is 0 Å². The van der Waals surface area contributed by atoms with Crippen LogP contribution in [0.3, 0.4) is 0 Å². The van der Waals surface area contributed by atoms with Crippen LogP contribution in [0.15, 0.2) is 19.2 Å². The molecule has 0 aromatic carbocycles. The molecule has 0 atom stereocenters. The van der Waals surface area contributed by atoms with Crippen LogP contribution < -0.4 is 0 Å². The van der Waals surface area contributed by atoms with Gasteiger partial charge in [0.05, 0.1) is 5.69 Å². The van der Waals surface area contributed by atoms with Crippen molar-refractivity contribution in [3.05, 3.63) is 41.7 Å². The molecule has 1 heteroatoms. The van der Waals surface area contributed by atoms with Crippen LogP contribution in [-0.4, -0.2) is 4.98 Å². The smallest absolute Gasteiger partial charge is 0.0699 e. The van der Waals surface area contributed by atoms with E-state index in [1.165, 1.54) is 5.56 Å². The van der Waals surface area contributed by atoms with Crippen molar-refractivity contribution in [2.75, 3.05) is 0 Å². The molecule has 0 aliphatic heterocycles.